The number of anilines is 1. The predicted octanol–water partition coefficient (Wildman–Crippen LogP) is 2.16. The van der Waals surface area contributed by atoms with Crippen molar-refractivity contribution in [1.82, 2.24) is 20.5 Å². The molecule has 1 aliphatic rings. The summed E-state index contributed by atoms with van der Waals surface area (Å²) in [5, 5.41) is 6.68. The Bertz CT molecular complexity index is 526. The SMILES string of the molecule is CCNC(=NCc1ccnc(N2CCN(C)CC2)c1)NCC(C)C.I. The summed E-state index contributed by atoms with van der Waals surface area (Å²) in [6.07, 6.45) is 1.90. The molecule has 1 fully saturated rings. The normalized spacial score (nSPS) is 15.9. The van der Waals surface area contributed by atoms with Gasteiger partial charge in [0.2, 0.25) is 0 Å². The number of nitrogens with zero attached hydrogens (tertiary/aromatic N) is 4. The minimum Gasteiger partial charge on any atom is -0.357 e. The monoisotopic (exact) mass is 460 g/mol. The molecule has 142 valence electrons. The summed E-state index contributed by atoms with van der Waals surface area (Å²) >= 11 is 0. The molecule has 1 aromatic heterocycles. The molecule has 0 spiro atoms. The number of likely N-dealkylation sites (N-methyl/N-ethyl adjacent to an activating group) is 1. The number of piperazine rings is 1. The minimum atomic E-state index is 0. The van der Waals surface area contributed by atoms with E-state index in [1.807, 2.05) is 6.20 Å². The van der Waals surface area contributed by atoms with E-state index in [2.05, 4.69) is 65.4 Å². The highest BCUT2D eigenvalue weighted by molar-refractivity contribution is 14.0. The Morgan fingerprint density at radius 3 is 2.60 bits per heavy atom. The third kappa shape index (κ3) is 7.77. The van der Waals surface area contributed by atoms with E-state index in [1.165, 1.54) is 5.56 Å². The summed E-state index contributed by atoms with van der Waals surface area (Å²) in [6, 6.07) is 4.22. The maximum atomic E-state index is 4.69. The zero-order valence-corrected chi connectivity index (χ0v) is 18.3. The molecular formula is C18H33IN6. The summed E-state index contributed by atoms with van der Waals surface area (Å²) in [4.78, 5) is 13.9. The van der Waals surface area contributed by atoms with Crippen LogP contribution in [0.5, 0.6) is 0 Å². The summed E-state index contributed by atoms with van der Waals surface area (Å²) in [5.41, 5.74) is 1.20. The molecule has 0 saturated carbocycles. The maximum Gasteiger partial charge on any atom is 0.191 e. The van der Waals surface area contributed by atoms with Crippen molar-refractivity contribution in [3.8, 4) is 0 Å². The first kappa shape index (κ1) is 22.0. The molecule has 2 heterocycles. The molecule has 6 nitrogen and oxygen atoms in total. The van der Waals surface area contributed by atoms with Gasteiger partial charge in [0, 0.05) is 45.5 Å². The van der Waals surface area contributed by atoms with Gasteiger partial charge in [0.15, 0.2) is 5.96 Å². The van der Waals surface area contributed by atoms with Crippen LogP contribution >= 0.6 is 24.0 Å². The van der Waals surface area contributed by atoms with Crippen molar-refractivity contribution in [2.75, 3.05) is 51.2 Å². The zero-order chi connectivity index (χ0) is 17.4. The summed E-state index contributed by atoms with van der Waals surface area (Å²) < 4.78 is 0. The van der Waals surface area contributed by atoms with Gasteiger partial charge in [-0.1, -0.05) is 13.8 Å². The fourth-order valence-electron chi connectivity index (χ4n) is 2.58. The van der Waals surface area contributed by atoms with Gasteiger partial charge in [0.1, 0.15) is 5.82 Å². The second-order valence-corrected chi connectivity index (χ2v) is 6.78. The Morgan fingerprint density at radius 2 is 1.96 bits per heavy atom. The van der Waals surface area contributed by atoms with Crippen LogP contribution in [0.2, 0.25) is 0 Å². The number of aromatic nitrogens is 1. The minimum absolute atomic E-state index is 0. The molecule has 7 heteroatoms. The van der Waals surface area contributed by atoms with Gasteiger partial charge in [0.25, 0.3) is 0 Å². The number of pyridine rings is 1. The molecule has 0 amide bonds. The van der Waals surface area contributed by atoms with Crippen LogP contribution in [0.15, 0.2) is 23.3 Å². The first-order valence-electron chi connectivity index (χ1n) is 8.99. The van der Waals surface area contributed by atoms with Gasteiger partial charge in [-0.05, 0) is 37.6 Å². The molecule has 1 aliphatic heterocycles. The Hall–Kier alpha value is -1.09. The van der Waals surface area contributed by atoms with Gasteiger partial charge >= 0.3 is 0 Å². The topological polar surface area (TPSA) is 55.8 Å². The van der Waals surface area contributed by atoms with Crippen molar-refractivity contribution in [1.29, 1.82) is 0 Å². The number of halogens is 1. The molecule has 2 rings (SSSR count). The van der Waals surface area contributed by atoms with E-state index in [9.17, 15) is 0 Å². The molecule has 0 bridgehead atoms. The largest absolute Gasteiger partial charge is 0.357 e. The Balaban J connectivity index is 0.00000312. The molecule has 1 saturated heterocycles. The molecule has 25 heavy (non-hydrogen) atoms. The predicted molar refractivity (Wildman–Crippen MR) is 117 cm³/mol. The van der Waals surface area contributed by atoms with Crippen LogP contribution in [0, 0.1) is 5.92 Å². The fourth-order valence-corrected chi connectivity index (χ4v) is 2.58. The number of hydrogen-bond donors (Lipinski definition) is 2. The third-order valence-electron chi connectivity index (χ3n) is 4.08. The van der Waals surface area contributed by atoms with Crippen LogP contribution in [0.3, 0.4) is 0 Å². The van der Waals surface area contributed by atoms with Crippen molar-refractivity contribution in [2.45, 2.75) is 27.3 Å². The van der Waals surface area contributed by atoms with E-state index in [4.69, 9.17) is 4.99 Å². The highest BCUT2D eigenvalue weighted by atomic mass is 127. The first-order valence-corrected chi connectivity index (χ1v) is 8.99. The number of guanidine groups is 1. The Labute approximate surface area is 169 Å². The highest BCUT2D eigenvalue weighted by Gasteiger charge is 2.15. The van der Waals surface area contributed by atoms with Gasteiger partial charge < -0.3 is 20.4 Å². The molecule has 0 radical (unpaired) electrons. The lowest BCUT2D eigenvalue weighted by molar-refractivity contribution is 0.312. The quantitative estimate of drug-likeness (QED) is 0.387. The second-order valence-electron chi connectivity index (χ2n) is 6.78. The highest BCUT2D eigenvalue weighted by Crippen LogP contribution is 2.15. The van der Waals surface area contributed by atoms with E-state index in [-0.39, 0.29) is 24.0 Å². The average molecular weight is 460 g/mol. The van der Waals surface area contributed by atoms with E-state index >= 15 is 0 Å². The second kappa shape index (κ2) is 11.5. The number of aliphatic imine (C=N–C) groups is 1. The molecule has 0 aromatic carbocycles. The zero-order valence-electron chi connectivity index (χ0n) is 16.0. The van der Waals surface area contributed by atoms with Crippen LogP contribution in [-0.4, -0.2) is 62.2 Å². The van der Waals surface area contributed by atoms with Crippen molar-refractivity contribution in [3.63, 3.8) is 0 Å². The smallest absolute Gasteiger partial charge is 0.191 e. The van der Waals surface area contributed by atoms with Gasteiger partial charge in [-0.25, -0.2) is 9.98 Å². The van der Waals surface area contributed by atoms with Crippen LogP contribution in [0.4, 0.5) is 5.82 Å². The molecular weight excluding hydrogens is 427 g/mol. The van der Waals surface area contributed by atoms with Gasteiger partial charge in [-0.3, -0.25) is 0 Å². The van der Waals surface area contributed by atoms with E-state index in [0.29, 0.717) is 12.5 Å². The number of hydrogen-bond acceptors (Lipinski definition) is 4. The summed E-state index contributed by atoms with van der Waals surface area (Å²) in [7, 11) is 2.17. The average Bonchev–Trinajstić information content (AvgIpc) is 2.58. The fraction of sp³-hybridized carbons (Fsp3) is 0.667. The lowest BCUT2D eigenvalue weighted by Gasteiger charge is -2.33. The number of rotatable bonds is 6. The Kier molecular flexibility index (Phi) is 10.1. The third-order valence-corrected chi connectivity index (χ3v) is 4.08. The van der Waals surface area contributed by atoms with E-state index < -0.39 is 0 Å². The molecule has 1 aromatic rings. The first-order chi connectivity index (χ1) is 11.6. The van der Waals surface area contributed by atoms with Crippen LogP contribution in [-0.2, 0) is 6.54 Å². The van der Waals surface area contributed by atoms with Gasteiger partial charge in [-0.2, -0.15) is 0 Å². The lowest BCUT2D eigenvalue weighted by Crippen LogP contribution is -2.44. The number of nitrogens with one attached hydrogen (secondary N) is 2. The maximum absolute atomic E-state index is 4.69. The van der Waals surface area contributed by atoms with Crippen molar-refractivity contribution in [2.24, 2.45) is 10.9 Å². The van der Waals surface area contributed by atoms with Crippen LogP contribution < -0.4 is 15.5 Å². The molecule has 0 atom stereocenters. The van der Waals surface area contributed by atoms with E-state index in [0.717, 1.165) is 51.0 Å². The standard InChI is InChI=1S/C18H32N6.HI/c1-5-19-18(21-13-15(2)3)22-14-16-6-7-20-17(12-16)24-10-8-23(4)9-11-24;/h6-7,12,15H,5,8-11,13-14H2,1-4H3,(H2,19,21,22);1H. The van der Waals surface area contributed by atoms with Crippen molar-refractivity contribution in [3.05, 3.63) is 23.9 Å². The Morgan fingerprint density at radius 1 is 1.24 bits per heavy atom. The van der Waals surface area contributed by atoms with Gasteiger partial charge in [0.05, 0.1) is 6.54 Å². The van der Waals surface area contributed by atoms with E-state index in [1.54, 1.807) is 0 Å². The van der Waals surface area contributed by atoms with Gasteiger partial charge in [-0.15, -0.1) is 24.0 Å². The van der Waals surface area contributed by atoms with Crippen LogP contribution in [0.1, 0.15) is 26.3 Å². The van der Waals surface area contributed by atoms with Crippen molar-refractivity contribution < 1.29 is 0 Å². The van der Waals surface area contributed by atoms with Crippen molar-refractivity contribution >= 4 is 35.8 Å². The van der Waals surface area contributed by atoms with Crippen LogP contribution in [0.25, 0.3) is 0 Å². The summed E-state index contributed by atoms with van der Waals surface area (Å²) in [5.74, 6) is 2.54. The lowest BCUT2D eigenvalue weighted by atomic mass is 10.2. The molecule has 0 unspecified atom stereocenters. The molecule has 0 aliphatic carbocycles. The molecule has 2 N–H and O–H groups in total. The summed E-state index contributed by atoms with van der Waals surface area (Å²) in [6.45, 7) is 13.2.